The number of aliphatic hydroxyl groups is 1. The zero-order chi connectivity index (χ0) is 19.1. The normalized spacial score (nSPS) is 27.3. The van der Waals surface area contributed by atoms with Crippen molar-refractivity contribution in [2.75, 3.05) is 13.1 Å². The monoisotopic (exact) mass is 369 g/mol. The van der Waals surface area contributed by atoms with Gasteiger partial charge in [0, 0.05) is 19.0 Å². The number of benzene rings is 1. The Balaban J connectivity index is 1.58. The number of piperidine rings is 1. The van der Waals surface area contributed by atoms with Crippen LogP contribution < -0.4 is 0 Å². The minimum absolute atomic E-state index is 0.0847. The molecule has 1 N–H and O–H groups in total. The van der Waals surface area contributed by atoms with Crippen LogP contribution in [0.2, 0.25) is 0 Å². The van der Waals surface area contributed by atoms with Gasteiger partial charge in [0.15, 0.2) is 0 Å². The summed E-state index contributed by atoms with van der Waals surface area (Å²) >= 11 is 0. The molecule has 0 spiro atoms. The predicted molar refractivity (Wildman–Crippen MR) is 92.5 cm³/mol. The molecule has 3 rings (SSSR count). The van der Waals surface area contributed by atoms with Gasteiger partial charge in [-0.3, -0.25) is 4.79 Å². The number of amides is 1. The summed E-state index contributed by atoms with van der Waals surface area (Å²) in [7, 11) is 0. The molecular formula is C20H26F3NO2. The molecule has 0 bridgehead atoms. The van der Waals surface area contributed by atoms with Crippen LogP contribution in [0, 0.1) is 18.8 Å². The van der Waals surface area contributed by atoms with Gasteiger partial charge in [-0.2, -0.15) is 13.2 Å². The number of halogens is 3. The van der Waals surface area contributed by atoms with Gasteiger partial charge in [-0.25, -0.2) is 0 Å². The van der Waals surface area contributed by atoms with Crippen molar-refractivity contribution in [3.63, 3.8) is 0 Å². The third-order valence-corrected chi connectivity index (χ3v) is 5.80. The van der Waals surface area contributed by atoms with E-state index in [2.05, 4.69) is 0 Å². The van der Waals surface area contributed by atoms with E-state index in [-0.39, 0.29) is 23.3 Å². The maximum absolute atomic E-state index is 13.4. The average Bonchev–Trinajstić information content (AvgIpc) is 2.51. The average molecular weight is 369 g/mol. The SMILES string of the molecule is Cc1cccc(CC2CCN(C(=O)C3CC(C)(O)C3)CC2)c1C(F)(F)F. The van der Waals surface area contributed by atoms with Gasteiger partial charge in [-0.05, 0) is 63.0 Å². The number of hydrogen-bond donors (Lipinski definition) is 1. The molecule has 1 amide bonds. The van der Waals surface area contributed by atoms with E-state index in [1.807, 2.05) is 4.90 Å². The summed E-state index contributed by atoms with van der Waals surface area (Å²) in [6.07, 6.45) is -1.48. The fraction of sp³-hybridized carbons (Fsp3) is 0.650. The van der Waals surface area contributed by atoms with Crippen molar-refractivity contribution in [2.24, 2.45) is 11.8 Å². The molecule has 2 fully saturated rings. The van der Waals surface area contributed by atoms with E-state index < -0.39 is 17.3 Å². The van der Waals surface area contributed by atoms with Crippen molar-refractivity contribution in [1.29, 1.82) is 0 Å². The van der Waals surface area contributed by atoms with E-state index in [0.717, 1.165) is 12.8 Å². The first-order valence-electron chi connectivity index (χ1n) is 9.24. The molecule has 0 unspecified atom stereocenters. The van der Waals surface area contributed by atoms with Gasteiger partial charge in [-0.15, -0.1) is 0 Å². The standard InChI is InChI=1S/C20H26F3NO2/c1-13-4-3-5-15(17(13)20(21,22)23)10-14-6-8-24(9-7-14)18(25)16-11-19(2,26)12-16/h3-5,14,16,26H,6-12H2,1-2H3. The molecule has 1 saturated heterocycles. The lowest BCUT2D eigenvalue weighted by atomic mass is 9.71. The highest BCUT2D eigenvalue weighted by Gasteiger charge is 2.44. The molecule has 0 radical (unpaired) electrons. The van der Waals surface area contributed by atoms with Crippen LogP contribution in [0.25, 0.3) is 0 Å². The molecule has 26 heavy (non-hydrogen) atoms. The molecule has 1 saturated carbocycles. The van der Waals surface area contributed by atoms with E-state index in [1.54, 1.807) is 19.1 Å². The number of carbonyl (C=O) groups is 1. The van der Waals surface area contributed by atoms with Crippen LogP contribution in [0.1, 0.15) is 49.3 Å². The van der Waals surface area contributed by atoms with Crippen molar-refractivity contribution >= 4 is 5.91 Å². The highest BCUT2D eigenvalue weighted by Crippen LogP contribution is 2.39. The fourth-order valence-corrected chi connectivity index (χ4v) is 4.41. The molecule has 0 aromatic heterocycles. The summed E-state index contributed by atoms with van der Waals surface area (Å²) in [6, 6.07) is 4.76. The Morgan fingerprint density at radius 2 is 1.88 bits per heavy atom. The summed E-state index contributed by atoms with van der Waals surface area (Å²) in [5.74, 6) is 0.142. The molecule has 1 aliphatic carbocycles. The molecule has 1 aliphatic heterocycles. The van der Waals surface area contributed by atoms with E-state index in [1.165, 1.54) is 13.0 Å². The van der Waals surface area contributed by atoms with Crippen LogP contribution in [0.3, 0.4) is 0 Å². The second-order valence-corrected chi connectivity index (χ2v) is 8.18. The lowest BCUT2D eigenvalue weighted by Crippen LogP contribution is -2.51. The van der Waals surface area contributed by atoms with E-state index in [4.69, 9.17) is 0 Å². The van der Waals surface area contributed by atoms with Crippen LogP contribution in [0.5, 0.6) is 0 Å². The predicted octanol–water partition coefficient (Wildman–Crippen LogP) is 3.96. The molecular weight excluding hydrogens is 343 g/mol. The third-order valence-electron chi connectivity index (χ3n) is 5.80. The zero-order valence-electron chi connectivity index (χ0n) is 15.3. The number of nitrogens with zero attached hydrogens (tertiary/aromatic N) is 1. The van der Waals surface area contributed by atoms with Crippen LogP contribution in [0.4, 0.5) is 13.2 Å². The minimum atomic E-state index is -4.33. The molecule has 1 aromatic rings. The maximum Gasteiger partial charge on any atom is 0.416 e. The Bertz CT molecular complexity index is 668. The second-order valence-electron chi connectivity index (χ2n) is 8.18. The summed E-state index contributed by atoms with van der Waals surface area (Å²) in [5, 5.41) is 9.79. The quantitative estimate of drug-likeness (QED) is 0.876. The highest BCUT2D eigenvalue weighted by molar-refractivity contribution is 5.80. The first-order valence-corrected chi connectivity index (χ1v) is 9.24. The Hall–Kier alpha value is -1.56. The first-order chi connectivity index (χ1) is 12.1. The maximum atomic E-state index is 13.4. The first kappa shape index (κ1) is 19.2. The smallest absolute Gasteiger partial charge is 0.390 e. The number of aryl methyl sites for hydroxylation is 1. The van der Waals surface area contributed by atoms with E-state index in [0.29, 0.717) is 37.9 Å². The van der Waals surface area contributed by atoms with Gasteiger partial charge in [0.25, 0.3) is 0 Å². The van der Waals surface area contributed by atoms with Crippen molar-refractivity contribution in [1.82, 2.24) is 4.90 Å². The molecule has 1 aromatic carbocycles. The Morgan fingerprint density at radius 3 is 2.42 bits per heavy atom. The summed E-state index contributed by atoms with van der Waals surface area (Å²) in [6.45, 7) is 4.43. The Labute approximate surface area is 152 Å². The van der Waals surface area contributed by atoms with Crippen molar-refractivity contribution in [3.8, 4) is 0 Å². The molecule has 6 heteroatoms. The number of likely N-dealkylation sites (tertiary alicyclic amines) is 1. The summed E-state index contributed by atoms with van der Waals surface area (Å²) in [5.41, 5.74) is -0.607. The molecule has 144 valence electrons. The highest BCUT2D eigenvalue weighted by atomic mass is 19.4. The van der Waals surface area contributed by atoms with Gasteiger partial charge in [0.1, 0.15) is 0 Å². The fourth-order valence-electron chi connectivity index (χ4n) is 4.41. The second kappa shape index (κ2) is 6.87. The summed E-state index contributed by atoms with van der Waals surface area (Å²) < 4.78 is 40.1. The largest absolute Gasteiger partial charge is 0.416 e. The van der Waals surface area contributed by atoms with Gasteiger partial charge in [0.05, 0.1) is 11.2 Å². The Morgan fingerprint density at radius 1 is 1.27 bits per heavy atom. The molecule has 2 aliphatic rings. The number of hydrogen-bond acceptors (Lipinski definition) is 2. The van der Waals surface area contributed by atoms with E-state index in [9.17, 15) is 23.1 Å². The lowest BCUT2D eigenvalue weighted by molar-refractivity contribution is -0.151. The van der Waals surface area contributed by atoms with Gasteiger partial charge >= 0.3 is 6.18 Å². The van der Waals surface area contributed by atoms with Crippen LogP contribution in [-0.4, -0.2) is 34.6 Å². The number of alkyl halides is 3. The third kappa shape index (κ3) is 4.05. The Kier molecular flexibility index (Phi) is 5.08. The van der Waals surface area contributed by atoms with Crippen LogP contribution in [0.15, 0.2) is 18.2 Å². The van der Waals surface area contributed by atoms with Gasteiger partial charge in [0.2, 0.25) is 5.91 Å². The molecule has 3 nitrogen and oxygen atoms in total. The zero-order valence-corrected chi connectivity index (χ0v) is 15.3. The van der Waals surface area contributed by atoms with Crippen molar-refractivity contribution in [2.45, 2.75) is 57.7 Å². The van der Waals surface area contributed by atoms with Gasteiger partial charge < -0.3 is 10.0 Å². The minimum Gasteiger partial charge on any atom is -0.390 e. The van der Waals surface area contributed by atoms with Crippen molar-refractivity contribution < 1.29 is 23.1 Å². The number of rotatable bonds is 3. The lowest BCUT2D eigenvalue weighted by Gasteiger charge is -2.43. The molecule has 1 heterocycles. The molecule has 0 atom stereocenters. The topological polar surface area (TPSA) is 40.5 Å². The van der Waals surface area contributed by atoms with Crippen molar-refractivity contribution in [3.05, 3.63) is 34.9 Å². The van der Waals surface area contributed by atoms with E-state index >= 15 is 0 Å². The number of carbonyl (C=O) groups excluding carboxylic acids is 1. The summed E-state index contributed by atoms with van der Waals surface area (Å²) in [4.78, 5) is 14.2. The van der Waals surface area contributed by atoms with Crippen LogP contribution in [-0.2, 0) is 17.4 Å². The van der Waals surface area contributed by atoms with Crippen LogP contribution >= 0.6 is 0 Å². The van der Waals surface area contributed by atoms with Gasteiger partial charge in [-0.1, -0.05) is 18.2 Å².